The molecule has 0 aliphatic rings. The van der Waals surface area contributed by atoms with E-state index < -0.39 is 20.6 Å². The zero-order valence-electron chi connectivity index (χ0n) is 12.6. The molecule has 0 bridgehead atoms. The van der Waals surface area contributed by atoms with Gasteiger partial charge in [-0.2, -0.15) is 4.31 Å². The van der Waals surface area contributed by atoms with Gasteiger partial charge in [-0.25, -0.2) is 8.42 Å². The maximum absolute atomic E-state index is 12.8. The Hall–Kier alpha value is -1.67. The highest BCUT2D eigenvalue weighted by atomic mass is 32.2. The van der Waals surface area contributed by atoms with Gasteiger partial charge in [0, 0.05) is 12.6 Å². The predicted molar refractivity (Wildman–Crippen MR) is 81.4 cm³/mol. The molecule has 0 spiro atoms. The lowest BCUT2D eigenvalue weighted by Crippen LogP contribution is -2.39. The number of nitro groups is 1. The molecular weight excluding hydrogens is 294 g/mol. The first kappa shape index (κ1) is 17.4. The van der Waals surface area contributed by atoms with E-state index in [1.54, 1.807) is 13.8 Å². The van der Waals surface area contributed by atoms with E-state index in [9.17, 15) is 18.5 Å². The summed E-state index contributed by atoms with van der Waals surface area (Å²) in [6, 6.07) is 3.64. The van der Waals surface area contributed by atoms with Crippen molar-refractivity contribution in [2.24, 2.45) is 5.92 Å². The summed E-state index contributed by atoms with van der Waals surface area (Å²) in [4.78, 5) is 10.0. The third-order valence-electron chi connectivity index (χ3n) is 2.92. The van der Waals surface area contributed by atoms with Crippen LogP contribution in [0.4, 0.5) is 11.4 Å². The summed E-state index contributed by atoms with van der Waals surface area (Å²) in [6.07, 6.45) is 0. The number of rotatable bonds is 6. The second-order valence-electron chi connectivity index (χ2n) is 5.51. The molecule has 118 valence electrons. The molecule has 21 heavy (non-hydrogen) atoms. The molecule has 0 heterocycles. The lowest BCUT2D eigenvalue weighted by atomic mass is 10.2. The summed E-state index contributed by atoms with van der Waals surface area (Å²) in [5, 5.41) is 11.1. The molecule has 0 unspecified atom stereocenters. The van der Waals surface area contributed by atoms with Crippen LogP contribution >= 0.6 is 0 Å². The fraction of sp³-hybridized carbons (Fsp3) is 0.538. The van der Waals surface area contributed by atoms with Crippen LogP contribution in [0, 0.1) is 16.0 Å². The van der Waals surface area contributed by atoms with E-state index in [4.69, 9.17) is 5.73 Å². The second-order valence-corrected chi connectivity index (χ2v) is 7.37. The average molecular weight is 315 g/mol. The van der Waals surface area contributed by atoms with Gasteiger partial charge in [0.1, 0.15) is 5.69 Å². The number of hydrogen-bond acceptors (Lipinski definition) is 5. The first-order valence-corrected chi connectivity index (χ1v) is 8.07. The fourth-order valence-electron chi connectivity index (χ4n) is 2.02. The summed E-state index contributed by atoms with van der Waals surface area (Å²) in [5.74, 6) is 0.0993. The van der Waals surface area contributed by atoms with Gasteiger partial charge in [0.25, 0.3) is 0 Å². The first-order chi connectivity index (χ1) is 9.59. The maximum atomic E-state index is 12.8. The summed E-state index contributed by atoms with van der Waals surface area (Å²) >= 11 is 0. The van der Waals surface area contributed by atoms with E-state index in [1.165, 1.54) is 22.5 Å². The van der Waals surface area contributed by atoms with Crippen molar-refractivity contribution < 1.29 is 13.3 Å². The molecule has 0 amide bonds. The lowest BCUT2D eigenvalue weighted by Gasteiger charge is -2.27. The Morgan fingerprint density at radius 3 is 2.29 bits per heavy atom. The van der Waals surface area contributed by atoms with Crippen LogP contribution in [0.5, 0.6) is 0 Å². The number of nitro benzene ring substituents is 1. The minimum absolute atomic E-state index is 0.0993. The number of hydrogen-bond donors (Lipinski definition) is 1. The number of sulfonamides is 1. The molecule has 1 aromatic carbocycles. The Labute approximate surface area is 124 Å². The van der Waals surface area contributed by atoms with Crippen molar-refractivity contribution in [3.8, 4) is 0 Å². The van der Waals surface area contributed by atoms with Gasteiger partial charge in [-0.1, -0.05) is 19.9 Å². The lowest BCUT2D eigenvalue weighted by molar-refractivity contribution is -0.386. The molecule has 0 radical (unpaired) electrons. The normalized spacial score (nSPS) is 12.3. The van der Waals surface area contributed by atoms with Crippen molar-refractivity contribution >= 4 is 21.4 Å². The van der Waals surface area contributed by atoms with E-state index in [1.807, 2.05) is 13.8 Å². The molecule has 2 N–H and O–H groups in total. The van der Waals surface area contributed by atoms with Gasteiger partial charge in [-0.15, -0.1) is 0 Å². The summed E-state index contributed by atoms with van der Waals surface area (Å²) in [6.45, 7) is 7.53. The van der Waals surface area contributed by atoms with Crippen LogP contribution in [0.3, 0.4) is 0 Å². The van der Waals surface area contributed by atoms with Crippen LogP contribution in [0.15, 0.2) is 23.1 Å². The number of benzene rings is 1. The number of nitrogens with zero attached hydrogens (tertiary/aromatic N) is 2. The Balaban J connectivity index is 3.49. The zero-order chi connectivity index (χ0) is 16.4. The SMILES string of the molecule is CC(C)CN(C(C)C)S(=O)(=O)c1cccc(N)c1[N+](=O)[O-]. The smallest absolute Gasteiger partial charge is 0.312 e. The number of nitrogens with two attached hydrogens (primary N) is 1. The largest absolute Gasteiger partial charge is 0.393 e. The van der Waals surface area contributed by atoms with Crippen LogP contribution in [-0.2, 0) is 10.0 Å². The van der Waals surface area contributed by atoms with Crippen molar-refractivity contribution in [1.82, 2.24) is 4.31 Å². The van der Waals surface area contributed by atoms with Gasteiger partial charge in [0.05, 0.1) is 4.92 Å². The Morgan fingerprint density at radius 2 is 1.86 bits per heavy atom. The molecule has 0 aliphatic carbocycles. The van der Waals surface area contributed by atoms with Crippen molar-refractivity contribution in [2.45, 2.75) is 38.6 Å². The van der Waals surface area contributed by atoms with Gasteiger partial charge in [-0.05, 0) is 31.9 Å². The van der Waals surface area contributed by atoms with E-state index in [0.29, 0.717) is 0 Å². The highest BCUT2D eigenvalue weighted by Crippen LogP contribution is 2.32. The van der Waals surface area contributed by atoms with Crippen LogP contribution in [0.2, 0.25) is 0 Å². The quantitative estimate of drug-likeness (QED) is 0.492. The minimum Gasteiger partial charge on any atom is -0.393 e. The molecule has 7 nitrogen and oxygen atoms in total. The molecule has 0 saturated carbocycles. The average Bonchev–Trinajstić information content (AvgIpc) is 2.34. The minimum atomic E-state index is -3.98. The van der Waals surface area contributed by atoms with E-state index in [2.05, 4.69) is 0 Å². The number of nitrogen functional groups attached to an aromatic ring is 1. The highest BCUT2D eigenvalue weighted by Gasteiger charge is 2.34. The predicted octanol–water partition coefficient (Wildman–Crippen LogP) is 2.23. The van der Waals surface area contributed by atoms with Crippen LogP contribution in [0.1, 0.15) is 27.7 Å². The standard InChI is InChI=1S/C13H21N3O4S/c1-9(2)8-15(10(3)4)21(19,20)12-7-5-6-11(14)13(12)16(17)18/h5-7,9-10H,8,14H2,1-4H3. The molecule has 0 aliphatic heterocycles. The van der Waals surface area contributed by atoms with Gasteiger partial charge in [0.2, 0.25) is 10.0 Å². The van der Waals surface area contributed by atoms with Gasteiger partial charge in [-0.3, -0.25) is 10.1 Å². The van der Waals surface area contributed by atoms with Crippen LogP contribution in [0.25, 0.3) is 0 Å². The van der Waals surface area contributed by atoms with E-state index >= 15 is 0 Å². The Kier molecular flexibility index (Phi) is 5.30. The molecule has 0 aromatic heterocycles. The van der Waals surface area contributed by atoms with Crippen LogP contribution < -0.4 is 5.73 Å². The molecule has 1 rings (SSSR count). The molecule has 8 heteroatoms. The Morgan fingerprint density at radius 1 is 1.29 bits per heavy atom. The summed E-state index contributed by atoms with van der Waals surface area (Å²) in [5.41, 5.74) is 4.85. The summed E-state index contributed by atoms with van der Waals surface area (Å²) in [7, 11) is -3.98. The number of para-hydroxylation sites is 1. The third kappa shape index (κ3) is 3.70. The van der Waals surface area contributed by atoms with Crippen molar-refractivity contribution in [3.05, 3.63) is 28.3 Å². The van der Waals surface area contributed by atoms with Crippen molar-refractivity contribution in [3.63, 3.8) is 0 Å². The zero-order valence-corrected chi connectivity index (χ0v) is 13.4. The van der Waals surface area contributed by atoms with Crippen molar-refractivity contribution in [2.75, 3.05) is 12.3 Å². The van der Waals surface area contributed by atoms with Crippen LogP contribution in [-0.4, -0.2) is 30.2 Å². The van der Waals surface area contributed by atoms with Crippen molar-refractivity contribution in [1.29, 1.82) is 0 Å². The maximum Gasteiger partial charge on any atom is 0.312 e. The molecule has 0 saturated heterocycles. The number of anilines is 1. The fourth-order valence-corrected chi connectivity index (χ4v) is 4.00. The van der Waals surface area contributed by atoms with Gasteiger partial charge >= 0.3 is 5.69 Å². The molecule has 0 atom stereocenters. The monoisotopic (exact) mass is 315 g/mol. The summed E-state index contributed by atoms with van der Waals surface area (Å²) < 4.78 is 26.8. The van der Waals surface area contributed by atoms with Gasteiger partial charge in [0.15, 0.2) is 4.90 Å². The molecule has 0 fully saturated rings. The molecule has 1 aromatic rings. The van der Waals surface area contributed by atoms with Gasteiger partial charge < -0.3 is 5.73 Å². The highest BCUT2D eigenvalue weighted by molar-refractivity contribution is 7.89. The topological polar surface area (TPSA) is 107 Å². The second kappa shape index (κ2) is 6.40. The van der Waals surface area contributed by atoms with E-state index in [0.717, 1.165) is 0 Å². The molecular formula is C13H21N3O4S. The third-order valence-corrected chi connectivity index (χ3v) is 4.99. The van der Waals surface area contributed by atoms with E-state index in [-0.39, 0.29) is 29.1 Å². The Bertz CT molecular complexity index is 626. The first-order valence-electron chi connectivity index (χ1n) is 6.63.